The lowest BCUT2D eigenvalue weighted by molar-refractivity contribution is -0.165. The maximum Gasteiger partial charge on any atom is 0.454 e. The van der Waals surface area contributed by atoms with E-state index in [0.29, 0.717) is 6.08 Å². The van der Waals surface area contributed by atoms with Crippen LogP contribution >= 0.6 is 0 Å². The zero-order valence-corrected chi connectivity index (χ0v) is 10.2. The molecule has 0 bridgehead atoms. The van der Waals surface area contributed by atoms with Crippen LogP contribution in [0.3, 0.4) is 0 Å². The van der Waals surface area contributed by atoms with Gasteiger partial charge in [0, 0.05) is 20.3 Å². The van der Waals surface area contributed by atoms with Crippen molar-refractivity contribution >= 4 is 11.8 Å². The first-order valence-electron chi connectivity index (χ1n) is 5.03. The highest BCUT2D eigenvalue weighted by Crippen LogP contribution is 2.17. The van der Waals surface area contributed by atoms with Gasteiger partial charge in [-0.2, -0.15) is 13.2 Å². The van der Waals surface area contributed by atoms with Crippen LogP contribution in [0.25, 0.3) is 0 Å². The number of allylic oxidation sites excluding steroid dienone is 1. The van der Waals surface area contributed by atoms with Gasteiger partial charge in [-0.15, -0.1) is 0 Å². The third-order valence-corrected chi connectivity index (χ3v) is 1.60. The Balaban J connectivity index is 4.98. The van der Waals surface area contributed by atoms with Crippen LogP contribution in [0.5, 0.6) is 0 Å². The lowest BCUT2D eigenvalue weighted by Crippen LogP contribution is -2.20. The maximum atomic E-state index is 12.0. The van der Waals surface area contributed by atoms with E-state index in [1.54, 1.807) is 21.0 Å². The summed E-state index contributed by atoms with van der Waals surface area (Å²) in [5.74, 6) is -2.83. The SMILES string of the molecule is CCOC(=O)C(=C\N(C)C)/C=C/C(=O)C(F)(F)F. The van der Waals surface area contributed by atoms with Gasteiger partial charge in [0.05, 0.1) is 12.2 Å². The summed E-state index contributed by atoms with van der Waals surface area (Å²) in [6, 6.07) is 0. The minimum atomic E-state index is -4.95. The molecule has 0 amide bonds. The number of carbonyl (C=O) groups is 2. The van der Waals surface area contributed by atoms with Gasteiger partial charge >= 0.3 is 12.1 Å². The average Bonchev–Trinajstić information content (AvgIpc) is 2.22. The van der Waals surface area contributed by atoms with E-state index in [-0.39, 0.29) is 12.2 Å². The second kappa shape index (κ2) is 6.83. The fourth-order valence-electron chi connectivity index (χ4n) is 0.916. The summed E-state index contributed by atoms with van der Waals surface area (Å²) in [7, 11) is 3.16. The Labute approximate surface area is 103 Å². The van der Waals surface area contributed by atoms with Crippen LogP contribution in [0.1, 0.15) is 6.92 Å². The standard InChI is InChI=1S/C11H14F3NO3/c1-4-18-10(17)8(7-15(2)3)5-6-9(16)11(12,13)14/h5-7H,4H2,1-3H3/b6-5+,8-7-. The van der Waals surface area contributed by atoms with E-state index in [2.05, 4.69) is 4.74 Å². The number of alkyl halides is 3. The van der Waals surface area contributed by atoms with E-state index in [1.807, 2.05) is 0 Å². The molecule has 0 aromatic heterocycles. The second-order valence-electron chi connectivity index (χ2n) is 3.46. The third kappa shape index (κ3) is 6.07. The summed E-state index contributed by atoms with van der Waals surface area (Å²) in [4.78, 5) is 23.5. The predicted molar refractivity (Wildman–Crippen MR) is 58.6 cm³/mol. The summed E-state index contributed by atoms with van der Waals surface area (Å²) < 4.78 is 40.5. The molecule has 0 heterocycles. The van der Waals surface area contributed by atoms with E-state index in [1.165, 1.54) is 11.1 Å². The van der Waals surface area contributed by atoms with Crippen molar-refractivity contribution < 1.29 is 27.5 Å². The summed E-state index contributed by atoms with van der Waals surface area (Å²) in [5.41, 5.74) is -0.139. The van der Waals surface area contributed by atoms with Crippen LogP contribution in [0.15, 0.2) is 23.9 Å². The van der Waals surface area contributed by atoms with Crippen molar-refractivity contribution in [1.29, 1.82) is 0 Å². The number of ether oxygens (including phenoxy) is 1. The third-order valence-electron chi connectivity index (χ3n) is 1.60. The van der Waals surface area contributed by atoms with Crippen molar-refractivity contribution in [2.45, 2.75) is 13.1 Å². The molecule has 102 valence electrons. The van der Waals surface area contributed by atoms with Crippen LogP contribution < -0.4 is 0 Å². The molecule has 0 atom stereocenters. The maximum absolute atomic E-state index is 12.0. The first kappa shape index (κ1) is 16.2. The number of hydrogen-bond acceptors (Lipinski definition) is 4. The molecule has 0 saturated heterocycles. The van der Waals surface area contributed by atoms with Gasteiger partial charge in [-0.05, 0) is 19.1 Å². The Morgan fingerprint density at radius 2 is 1.78 bits per heavy atom. The van der Waals surface area contributed by atoms with Crippen molar-refractivity contribution in [3.8, 4) is 0 Å². The highest BCUT2D eigenvalue weighted by atomic mass is 19.4. The molecule has 0 aromatic rings. The number of halogens is 3. The predicted octanol–water partition coefficient (Wildman–Crippen LogP) is 1.68. The molecule has 0 rings (SSSR count). The average molecular weight is 265 g/mol. The first-order chi connectivity index (χ1) is 8.18. The summed E-state index contributed by atoms with van der Waals surface area (Å²) >= 11 is 0. The summed E-state index contributed by atoms with van der Waals surface area (Å²) in [6.45, 7) is 1.65. The minimum Gasteiger partial charge on any atom is -0.462 e. The highest BCUT2D eigenvalue weighted by molar-refractivity contribution is 5.98. The topological polar surface area (TPSA) is 46.6 Å². The van der Waals surface area contributed by atoms with Crippen LogP contribution in [0.2, 0.25) is 0 Å². The van der Waals surface area contributed by atoms with Gasteiger partial charge in [0.25, 0.3) is 5.78 Å². The molecule has 0 spiro atoms. The van der Waals surface area contributed by atoms with Gasteiger partial charge in [0.1, 0.15) is 0 Å². The summed E-state index contributed by atoms with van der Waals surface area (Å²) in [6.07, 6.45) is -2.60. The Kier molecular flexibility index (Phi) is 6.15. The Morgan fingerprint density at radius 3 is 2.17 bits per heavy atom. The normalized spacial score (nSPS) is 12.7. The van der Waals surface area contributed by atoms with Crippen molar-refractivity contribution in [2.75, 3.05) is 20.7 Å². The van der Waals surface area contributed by atoms with Crippen LogP contribution in [0, 0.1) is 0 Å². The highest BCUT2D eigenvalue weighted by Gasteiger charge is 2.36. The smallest absolute Gasteiger partial charge is 0.454 e. The molecule has 0 aliphatic carbocycles. The fourth-order valence-corrected chi connectivity index (χ4v) is 0.916. The van der Waals surface area contributed by atoms with Crippen LogP contribution in [0.4, 0.5) is 13.2 Å². The van der Waals surface area contributed by atoms with E-state index in [9.17, 15) is 22.8 Å². The molecular formula is C11H14F3NO3. The monoisotopic (exact) mass is 265 g/mol. The molecule has 7 heteroatoms. The zero-order valence-electron chi connectivity index (χ0n) is 10.2. The van der Waals surface area contributed by atoms with Crippen molar-refractivity contribution in [3.63, 3.8) is 0 Å². The van der Waals surface area contributed by atoms with Crippen molar-refractivity contribution in [3.05, 3.63) is 23.9 Å². The van der Waals surface area contributed by atoms with E-state index in [0.717, 1.165) is 6.08 Å². The molecule has 0 fully saturated rings. The molecule has 4 nitrogen and oxygen atoms in total. The van der Waals surface area contributed by atoms with Crippen molar-refractivity contribution in [2.24, 2.45) is 0 Å². The van der Waals surface area contributed by atoms with E-state index >= 15 is 0 Å². The molecular weight excluding hydrogens is 251 g/mol. The van der Waals surface area contributed by atoms with Crippen LogP contribution in [-0.2, 0) is 14.3 Å². The van der Waals surface area contributed by atoms with Gasteiger partial charge < -0.3 is 9.64 Å². The number of ketones is 1. The van der Waals surface area contributed by atoms with Gasteiger partial charge in [0.2, 0.25) is 0 Å². The fraction of sp³-hybridized carbons (Fsp3) is 0.455. The number of carbonyl (C=O) groups excluding carboxylic acids is 2. The molecule has 0 N–H and O–H groups in total. The van der Waals surface area contributed by atoms with Crippen LogP contribution in [-0.4, -0.2) is 43.5 Å². The molecule has 18 heavy (non-hydrogen) atoms. The quantitative estimate of drug-likeness (QED) is 0.431. The Bertz CT molecular complexity index is 370. The molecule has 0 aromatic carbocycles. The molecule has 0 aliphatic rings. The number of nitrogens with zero attached hydrogens (tertiary/aromatic N) is 1. The largest absolute Gasteiger partial charge is 0.462 e. The van der Waals surface area contributed by atoms with Gasteiger partial charge in [0.15, 0.2) is 0 Å². The molecule has 0 aliphatic heterocycles. The lowest BCUT2D eigenvalue weighted by atomic mass is 10.2. The van der Waals surface area contributed by atoms with Crippen molar-refractivity contribution in [1.82, 2.24) is 4.90 Å². The van der Waals surface area contributed by atoms with Gasteiger partial charge in [-0.3, -0.25) is 4.79 Å². The van der Waals surface area contributed by atoms with E-state index < -0.39 is 17.9 Å². The number of rotatable bonds is 5. The number of esters is 1. The summed E-state index contributed by atoms with van der Waals surface area (Å²) in [5, 5.41) is 0. The number of hydrogen-bond donors (Lipinski definition) is 0. The zero-order chi connectivity index (χ0) is 14.3. The lowest BCUT2D eigenvalue weighted by Gasteiger charge is -2.08. The second-order valence-corrected chi connectivity index (χ2v) is 3.46. The Morgan fingerprint density at radius 1 is 1.22 bits per heavy atom. The van der Waals surface area contributed by atoms with Gasteiger partial charge in [-0.25, -0.2) is 4.79 Å². The first-order valence-corrected chi connectivity index (χ1v) is 5.03. The minimum absolute atomic E-state index is 0.0880. The molecule has 0 unspecified atom stereocenters. The van der Waals surface area contributed by atoms with Gasteiger partial charge in [-0.1, -0.05) is 0 Å². The molecule has 0 saturated carbocycles. The van der Waals surface area contributed by atoms with E-state index in [4.69, 9.17) is 0 Å². The molecule has 0 radical (unpaired) electrons. The Hall–Kier alpha value is -1.79.